The van der Waals surface area contributed by atoms with Crippen molar-refractivity contribution < 1.29 is 4.79 Å². The summed E-state index contributed by atoms with van der Waals surface area (Å²) < 4.78 is 0. The fraction of sp³-hybridized carbons (Fsp3) is 0.200. The van der Waals surface area contributed by atoms with Gasteiger partial charge in [-0.15, -0.1) is 0 Å². The van der Waals surface area contributed by atoms with Crippen molar-refractivity contribution >= 4 is 11.6 Å². The van der Waals surface area contributed by atoms with Crippen LogP contribution in [-0.2, 0) is 13.0 Å². The van der Waals surface area contributed by atoms with E-state index >= 15 is 0 Å². The summed E-state index contributed by atoms with van der Waals surface area (Å²) in [6, 6.07) is 11.5. The van der Waals surface area contributed by atoms with Crippen LogP contribution in [0.1, 0.15) is 21.6 Å². The number of nitrogens with one attached hydrogen (secondary N) is 2. The zero-order valence-corrected chi connectivity index (χ0v) is 10.5. The van der Waals surface area contributed by atoms with Gasteiger partial charge in [0.15, 0.2) is 0 Å². The summed E-state index contributed by atoms with van der Waals surface area (Å²) >= 11 is 0. The number of carbonyl (C=O) groups excluding carboxylic acids is 1. The van der Waals surface area contributed by atoms with E-state index in [1.165, 1.54) is 5.56 Å². The summed E-state index contributed by atoms with van der Waals surface area (Å²) in [5, 5.41) is 6.15. The average molecular weight is 253 g/mol. The molecular formula is C15H15N3O. The Morgan fingerprint density at radius 2 is 2.26 bits per heavy atom. The van der Waals surface area contributed by atoms with E-state index in [4.69, 9.17) is 0 Å². The molecule has 0 aliphatic carbocycles. The van der Waals surface area contributed by atoms with Crippen molar-refractivity contribution in [2.24, 2.45) is 0 Å². The first-order valence-corrected chi connectivity index (χ1v) is 6.38. The van der Waals surface area contributed by atoms with Crippen molar-refractivity contribution in [3.05, 3.63) is 59.4 Å². The number of hydrogen-bond donors (Lipinski definition) is 2. The molecule has 1 aromatic carbocycles. The number of benzene rings is 1. The third-order valence-electron chi connectivity index (χ3n) is 3.24. The number of pyridine rings is 1. The van der Waals surface area contributed by atoms with Gasteiger partial charge in [0, 0.05) is 24.0 Å². The lowest BCUT2D eigenvalue weighted by Crippen LogP contribution is -2.23. The van der Waals surface area contributed by atoms with Crippen LogP contribution in [0.2, 0.25) is 0 Å². The monoisotopic (exact) mass is 253 g/mol. The predicted octanol–water partition coefficient (Wildman–Crippen LogP) is 1.98. The second-order valence-corrected chi connectivity index (χ2v) is 4.55. The number of hydrogen-bond acceptors (Lipinski definition) is 3. The maximum atomic E-state index is 12.1. The van der Waals surface area contributed by atoms with Crippen LogP contribution in [0, 0.1) is 0 Å². The molecule has 0 spiro atoms. The van der Waals surface area contributed by atoms with Gasteiger partial charge in [-0.05, 0) is 36.2 Å². The molecule has 0 unspecified atom stereocenters. The number of nitrogens with zero attached hydrogens (tertiary/aromatic N) is 1. The summed E-state index contributed by atoms with van der Waals surface area (Å²) in [5.41, 5.74) is 3.89. The molecular weight excluding hydrogens is 238 g/mol. The van der Waals surface area contributed by atoms with E-state index in [0.717, 1.165) is 24.3 Å². The molecule has 4 nitrogen and oxygen atoms in total. The smallest absolute Gasteiger partial charge is 0.251 e. The van der Waals surface area contributed by atoms with Crippen LogP contribution in [-0.4, -0.2) is 17.4 Å². The van der Waals surface area contributed by atoms with Crippen molar-refractivity contribution in [1.82, 2.24) is 10.3 Å². The number of anilines is 1. The first-order chi connectivity index (χ1) is 9.33. The van der Waals surface area contributed by atoms with Crippen LogP contribution in [0.15, 0.2) is 42.6 Å². The van der Waals surface area contributed by atoms with E-state index in [9.17, 15) is 4.79 Å². The quantitative estimate of drug-likeness (QED) is 0.879. The Bertz CT molecular complexity index is 596. The topological polar surface area (TPSA) is 54.0 Å². The molecule has 1 amide bonds. The van der Waals surface area contributed by atoms with Crippen LogP contribution in [0.25, 0.3) is 0 Å². The third-order valence-corrected chi connectivity index (χ3v) is 3.24. The van der Waals surface area contributed by atoms with Crippen molar-refractivity contribution in [2.75, 3.05) is 11.9 Å². The van der Waals surface area contributed by atoms with Gasteiger partial charge < -0.3 is 10.6 Å². The molecule has 2 aromatic rings. The van der Waals surface area contributed by atoms with E-state index in [0.29, 0.717) is 12.1 Å². The maximum absolute atomic E-state index is 12.1. The van der Waals surface area contributed by atoms with Crippen LogP contribution in [0.4, 0.5) is 5.69 Å². The second-order valence-electron chi connectivity index (χ2n) is 4.55. The van der Waals surface area contributed by atoms with Crippen LogP contribution >= 0.6 is 0 Å². The Labute approximate surface area is 111 Å². The molecule has 0 radical (unpaired) electrons. The fourth-order valence-corrected chi connectivity index (χ4v) is 2.21. The highest BCUT2D eigenvalue weighted by molar-refractivity contribution is 5.95. The van der Waals surface area contributed by atoms with Crippen molar-refractivity contribution in [2.45, 2.75) is 13.0 Å². The molecule has 2 heterocycles. The summed E-state index contributed by atoms with van der Waals surface area (Å²) in [5.74, 6) is -0.0675. The molecule has 0 bridgehead atoms. The summed E-state index contributed by atoms with van der Waals surface area (Å²) in [4.78, 5) is 16.2. The zero-order chi connectivity index (χ0) is 13.1. The van der Waals surface area contributed by atoms with Gasteiger partial charge >= 0.3 is 0 Å². The van der Waals surface area contributed by atoms with E-state index < -0.39 is 0 Å². The molecule has 2 N–H and O–H groups in total. The standard InChI is InChI=1S/C15H15N3O/c19-15(18-10-13-3-1-2-7-16-13)12-5-4-11-6-8-17-14(11)9-12/h1-5,7,9,17H,6,8,10H2,(H,18,19). The Balaban J connectivity index is 1.67. The number of rotatable bonds is 3. The lowest BCUT2D eigenvalue weighted by atomic mass is 10.1. The SMILES string of the molecule is O=C(NCc1ccccn1)c1ccc2c(c1)NCC2. The molecule has 0 saturated heterocycles. The van der Waals surface area contributed by atoms with E-state index in [1.807, 2.05) is 36.4 Å². The first-order valence-electron chi connectivity index (χ1n) is 6.38. The van der Waals surface area contributed by atoms with Crippen LogP contribution in [0.3, 0.4) is 0 Å². The molecule has 3 rings (SSSR count). The van der Waals surface area contributed by atoms with Gasteiger partial charge in [-0.3, -0.25) is 9.78 Å². The highest BCUT2D eigenvalue weighted by Gasteiger charge is 2.13. The number of carbonyl (C=O) groups is 1. The van der Waals surface area contributed by atoms with Gasteiger partial charge in [0.25, 0.3) is 5.91 Å². The maximum Gasteiger partial charge on any atom is 0.251 e. The average Bonchev–Trinajstić information content (AvgIpc) is 2.93. The third kappa shape index (κ3) is 2.57. The van der Waals surface area contributed by atoms with Crippen molar-refractivity contribution in [3.63, 3.8) is 0 Å². The minimum Gasteiger partial charge on any atom is -0.384 e. The molecule has 1 aromatic heterocycles. The number of aromatic nitrogens is 1. The Kier molecular flexibility index (Phi) is 3.14. The van der Waals surface area contributed by atoms with Gasteiger partial charge in [0.2, 0.25) is 0 Å². The number of amides is 1. The number of fused-ring (bicyclic) bond motifs is 1. The lowest BCUT2D eigenvalue weighted by molar-refractivity contribution is 0.0950. The van der Waals surface area contributed by atoms with Crippen LogP contribution in [0.5, 0.6) is 0 Å². The Morgan fingerprint density at radius 1 is 1.32 bits per heavy atom. The van der Waals surface area contributed by atoms with Crippen LogP contribution < -0.4 is 10.6 Å². The minimum atomic E-state index is -0.0675. The Hall–Kier alpha value is -2.36. The predicted molar refractivity (Wildman–Crippen MR) is 74.0 cm³/mol. The molecule has 19 heavy (non-hydrogen) atoms. The van der Waals surface area contributed by atoms with Gasteiger partial charge in [0.05, 0.1) is 12.2 Å². The molecule has 0 atom stereocenters. The highest BCUT2D eigenvalue weighted by Crippen LogP contribution is 2.23. The molecule has 1 aliphatic heterocycles. The second kappa shape index (κ2) is 5.10. The minimum absolute atomic E-state index is 0.0675. The Morgan fingerprint density at radius 3 is 3.11 bits per heavy atom. The summed E-state index contributed by atoms with van der Waals surface area (Å²) in [7, 11) is 0. The first kappa shape index (κ1) is 11.7. The van der Waals surface area contributed by atoms with Gasteiger partial charge in [-0.2, -0.15) is 0 Å². The largest absolute Gasteiger partial charge is 0.384 e. The molecule has 0 fully saturated rings. The zero-order valence-electron chi connectivity index (χ0n) is 10.5. The van der Waals surface area contributed by atoms with E-state index in [-0.39, 0.29) is 5.91 Å². The van der Waals surface area contributed by atoms with E-state index in [1.54, 1.807) is 6.20 Å². The summed E-state index contributed by atoms with van der Waals surface area (Å²) in [6.07, 6.45) is 2.76. The van der Waals surface area contributed by atoms with Gasteiger partial charge in [-0.1, -0.05) is 12.1 Å². The fourth-order valence-electron chi connectivity index (χ4n) is 2.21. The van der Waals surface area contributed by atoms with Crippen molar-refractivity contribution in [3.8, 4) is 0 Å². The van der Waals surface area contributed by atoms with E-state index in [2.05, 4.69) is 15.6 Å². The highest BCUT2D eigenvalue weighted by atomic mass is 16.1. The summed E-state index contributed by atoms with van der Waals surface area (Å²) in [6.45, 7) is 1.40. The van der Waals surface area contributed by atoms with Gasteiger partial charge in [-0.25, -0.2) is 0 Å². The molecule has 1 aliphatic rings. The van der Waals surface area contributed by atoms with Crippen molar-refractivity contribution in [1.29, 1.82) is 0 Å². The lowest BCUT2D eigenvalue weighted by Gasteiger charge is -2.06. The molecule has 96 valence electrons. The normalized spacial score (nSPS) is 12.6. The van der Waals surface area contributed by atoms with Gasteiger partial charge in [0.1, 0.15) is 0 Å². The molecule has 0 saturated carbocycles. The molecule has 4 heteroatoms.